The number of ether oxygens (including phenoxy) is 2. The van der Waals surface area contributed by atoms with Crippen LogP contribution in [0.2, 0.25) is 0 Å². The van der Waals surface area contributed by atoms with E-state index in [9.17, 15) is 0 Å². The molecule has 2 fully saturated rings. The molecule has 0 spiro atoms. The maximum absolute atomic E-state index is 6.17. The summed E-state index contributed by atoms with van der Waals surface area (Å²) in [6.07, 6.45) is 3.12. The van der Waals surface area contributed by atoms with Crippen molar-refractivity contribution in [1.82, 2.24) is 14.7 Å². The number of hydrogen-bond donors (Lipinski definition) is 1. The molecule has 0 bridgehead atoms. The number of nitrogens with two attached hydrogens (primary N) is 1. The lowest BCUT2D eigenvalue weighted by Gasteiger charge is -2.32. The quantitative estimate of drug-likeness (QED) is 0.662. The Labute approximate surface area is 137 Å². The van der Waals surface area contributed by atoms with E-state index in [2.05, 4.69) is 28.8 Å². The topological polar surface area (TPSA) is 77.9 Å². The third-order valence-corrected chi connectivity index (χ3v) is 4.61. The lowest BCUT2D eigenvalue weighted by Crippen LogP contribution is -2.48. The molecule has 1 aromatic heterocycles. The molecular weight excluding hydrogens is 294 g/mol. The molecule has 7 nitrogen and oxygen atoms in total. The van der Waals surface area contributed by atoms with Gasteiger partial charge >= 0.3 is 0 Å². The zero-order valence-electron chi connectivity index (χ0n) is 14.0. The monoisotopic (exact) mass is 321 g/mol. The molecular formula is C16H27N5O2. The Hall–Kier alpha value is -1.60. The second kappa shape index (κ2) is 7.31. The summed E-state index contributed by atoms with van der Waals surface area (Å²) in [5.41, 5.74) is 7.31. The summed E-state index contributed by atoms with van der Waals surface area (Å²) in [5.74, 6) is 0.976. The van der Waals surface area contributed by atoms with Crippen LogP contribution in [0.5, 0.6) is 0 Å². The van der Waals surface area contributed by atoms with Gasteiger partial charge in [0, 0.05) is 44.9 Å². The van der Waals surface area contributed by atoms with Crippen molar-refractivity contribution < 1.29 is 9.47 Å². The molecule has 0 aliphatic carbocycles. The average Bonchev–Trinajstić information content (AvgIpc) is 3.20. The molecule has 128 valence electrons. The predicted octanol–water partition coefficient (Wildman–Crippen LogP) is 1.02. The molecule has 0 amide bonds. The van der Waals surface area contributed by atoms with Crippen LogP contribution in [-0.4, -0.2) is 59.6 Å². The standard InChI is InChI=1S/C16H27N5O2/c1-3-21-14(4-6-19-21)15-13(5-8-23-15)10-18-16(17)20-7-9-22-12(2)11-20/h4,6,12-13,15H,3,5,7-11H2,1-2H3,(H2,17,18)/t12?,13-,15+/m0/s1. The van der Waals surface area contributed by atoms with Crippen LogP contribution < -0.4 is 5.73 Å². The SMILES string of the molecule is CCn1nccc1[C@@H]1OCC[C@H]1CN=C(N)N1CCOC(C)C1. The van der Waals surface area contributed by atoms with Gasteiger partial charge in [-0.2, -0.15) is 5.10 Å². The lowest BCUT2D eigenvalue weighted by atomic mass is 9.99. The Morgan fingerprint density at radius 3 is 3.09 bits per heavy atom. The van der Waals surface area contributed by atoms with Crippen LogP contribution >= 0.6 is 0 Å². The van der Waals surface area contributed by atoms with E-state index < -0.39 is 0 Å². The lowest BCUT2D eigenvalue weighted by molar-refractivity contribution is 0.00523. The normalized spacial score (nSPS) is 29.2. The molecule has 7 heteroatoms. The summed E-state index contributed by atoms with van der Waals surface area (Å²) < 4.78 is 13.5. The van der Waals surface area contributed by atoms with Gasteiger partial charge in [0.2, 0.25) is 0 Å². The number of morpholine rings is 1. The Morgan fingerprint density at radius 1 is 1.43 bits per heavy atom. The van der Waals surface area contributed by atoms with Gasteiger partial charge in [-0.1, -0.05) is 0 Å². The highest BCUT2D eigenvalue weighted by molar-refractivity contribution is 5.78. The first-order valence-electron chi connectivity index (χ1n) is 8.48. The van der Waals surface area contributed by atoms with Crippen LogP contribution in [0.4, 0.5) is 0 Å². The minimum atomic E-state index is 0.0672. The van der Waals surface area contributed by atoms with Gasteiger partial charge < -0.3 is 20.1 Å². The van der Waals surface area contributed by atoms with E-state index in [0.29, 0.717) is 25.0 Å². The Kier molecular flexibility index (Phi) is 5.17. The van der Waals surface area contributed by atoms with Gasteiger partial charge in [-0.3, -0.25) is 9.67 Å². The van der Waals surface area contributed by atoms with Crippen molar-refractivity contribution in [3.8, 4) is 0 Å². The van der Waals surface area contributed by atoms with Gasteiger partial charge in [0.05, 0.1) is 18.4 Å². The first-order valence-corrected chi connectivity index (χ1v) is 8.48. The van der Waals surface area contributed by atoms with Gasteiger partial charge in [-0.25, -0.2) is 0 Å². The predicted molar refractivity (Wildman–Crippen MR) is 88.2 cm³/mol. The number of rotatable bonds is 4. The third-order valence-electron chi connectivity index (χ3n) is 4.61. The molecule has 1 unspecified atom stereocenters. The first kappa shape index (κ1) is 16.3. The molecule has 0 saturated carbocycles. The van der Waals surface area contributed by atoms with E-state index in [4.69, 9.17) is 15.2 Å². The highest BCUT2D eigenvalue weighted by Crippen LogP contribution is 2.34. The van der Waals surface area contributed by atoms with Crippen molar-refractivity contribution in [2.45, 2.75) is 39.0 Å². The second-order valence-corrected chi connectivity index (χ2v) is 6.24. The molecule has 23 heavy (non-hydrogen) atoms. The minimum Gasteiger partial charge on any atom is -0.375 e. The van der Waals surface area contributed by atoms with Crippen LogP contribution in [0.1, 0.15) is 32.1 Å². The van der Waals surface area contributed by atoms with Crippen LogP contribution in [0.3, 0.4) is 0 Å². The largest absolute Gasteiger partial charge is 0.375 e. The molecule has 2 N–H and O–H groups in total. The molecule has 2 saturated heterocycles. The summed E-state index contributed by atoms with van der Waals surface area (Å²) in [6.45, 7) is 8.80. The summed E-state index contributed by atoms with van der Waals surface area (Å²) in [6, 6.07) is 2.04. The van der Waals surface area contributed by atoms with Crippen LogP contribution in [-0.2, 0) is 16.0 Å². The molecule has 3 heterocycles. The maximum atomic E-state index is 6.17. The van der Waals surface area contributed by atoms with Crippen molar-refractivity contribution in [3.05, 3.63) is 18.0 Å². The van der Waals surface area contributed by atoms with Gasteiger partial charge in [0.25, 0.3) is 0 Å². The second-order valence-electron chi connectivity index (χ2n) is 6.24. The first-order chi connectivity index (χ1) is 11.2. The highest BCUT2D eigenvalue weighted by atomic mass is 16.5. The maximum Gasteiger partial charge on any atom is 0.191 e. The van der Waals surface area contributed by atoms with Crippen molar-refractivity contribution in [2.24, 2.45) is 16.6 Å². The van der Waals surface area contributed by atoms with Gasteiger partial charge in [0.15, 0.2) is 5.96 Å². The molecule has 3 rings (SSSR count). The Morgan fingerprint density at radius 2 is 2.30 bits per heavy atom. The molecule has 2 aliphatic rings. The van der Waals surface area contributed by atoms with E-state index >= 15 is 0 Å². The van der Waals surface area contributed by atoms with E-state index in [-0.39, 0.29) is 12.2 Å². The average molecular weight is 321 g/mol. The smallest absolute Gasteiger partial charge is 0.191 e. The summed E-state index contributed by atoms with van der Waals surface area (Å²) in [4.78, 5) is 6.74. The minimum absolute atomic E-state index is 0.0672. The van der Waals surface area contributed by atoms with E-state index in [1.54, 1.807) is 0 Å². The van der Waals surface area contributed by atoms with Crippen molar-refractivity contribution in [3.63, 3.8) is 0 Å². The number of nitrogens with zero attached hydrogens (tertiary/aromatic N) is 4. The van der Waals surface area contributed by atoms with Gasteiger partial charge in [0.1, 0.15) is 6.10 Å². The number of aryl methyl sites for hydroxylation is 1. The third kappa shape index (κ3) is 3.67. The fourth-order valence-electron chi connectivity index (χ4n) is 3.33. The fourth-order valence-corrected chi connectivity index (χ4v) is 3.33. The van der Waals surface area contributed by atoms with Crippen LogP contribution in [0, 0.1) is 5.92 Å². The Balaban J connectivity index is 1.63. The zero-order chi connectivity index (χ0) is 16.2. The zero-order valence-corrected chi connectivity index (χ0v) is 14.0. The van der Waals surface area contributed by atoms with Gasteiger partial charge in [-0.05, 0) is 26.3 Å². The highest BCUT2D eigenvalue weighted by Gasteiger charge is 2.32. The number of hydrogen-bond acceptors (Lipinski definition) is 4. The molecule has 1 aromatic rings. The summed E-state index contributed by atoms with van der Waals surface area (Å²) >= 11 is 0. The Bertz CT molecular complexity index is 544. The van der Waals surface area contributed by atoms with Crippen molar-refractivity contribution in [1.29, 1.82) is 0 Å². The number of guanidine groups is 1. The molecule has 3 atom stereocenters. The van der Waals surface area contributed by atoms with Crippen LogP contribution in [0.25, 0.3) is 0 Å². The summed E-state index contributed by atoms with van der Waals surface area (Å²) in [5, 5.41) is 4.34. The molecule has 0 radical (unpaired) electrons. The van der Waals surface area contributed by atoms with Crippen molar-refractivity contribution in [2.75, 3.05) is 32.8 Å². The number of aromatic nitrogens is 2. The van der Waals surface area contributed by atoms with E-state index in [0.717, 1.165) is 38.4 Å². The van der Waals surface area contributed by atoms with Gasteiger partial charge in [-0.15, -0.1) is 0 Å². The van der Waals surface area contributed by atoms with E-state index in [1.807, 2.05) is 16.9 Å². The van der Waals surface area contributed by atoms with Crippen LogP contribution in [0.15, 0.2) is 17.3 Å². The molecule has 0 aromatic carbocycles. The number of aliphatic imine (C=N–C) groups is 1. The van der Waals surface area contributed by atoms with Crippen molar-refractivity contribution >= 4 is 5.96 Å². The fraction of sp³-hybridized carbons (Fsp3) is 0.750. The molecule has 2 aliphatic heterocycles. The summed E-state index contributed by atoms with van der Waals surface area (Å²) in [7, 11) is 0. The van der Waals surface area contributed by atoms with E-state index in [1.165, 1.54) is 0 Å².